The van der Waals surface area contributed by atoms with E-state index >= 15 is 0 Å². The van der Waals surface area contributed by atoms with Gasteiger partial charge in [-0.2, -0.15) is 0 Å². The average Bonchev–Trinajstić information content (AvgIpc) is 3.05. The maximum atomic E-state index is 13.9. The van der Waals surface area contributed by atoms with E-state index in [1.165, 1.54) is 19.2 Å². The van der Waals surface area contributed by atoms with Crippen LogP contribution in [-0.4, -0.2) is 40.1 Å². The van der Waals surface area contributed by atoms with Crippen molar-refractivity contribution >= 4 is 27.3 Å². The number of nitrogens with one attached hydrogen (secondary N) is 2. The molecule has 1 saturated heterocycles. The van der Waals surface area contributed by atoms with E-state index in [4.69, 9.17) is 4.74 Å². The fourth-order valence-electron chi connectivity index (χ4n) is 3.58. The van der Waals surface area contributed by atoms with Crippen molar-refractivity contribution in [1.82, 2.24) is 4.72 Å². The standard InChI is InChI=1S/C18H18FN3O4S/c1-26-17-7-6-12(9-13(17)19)27(24,25)21-11-8-16-18(23)20-14-4-2-3-5-15(14)22(16)10-11/h2-7,9,11,16,21H,8,10H2,1H3,(H,20,23)/t11-,16-/m0/s1. The van der Waals surface area contributed by atoms with Crippen molar-refractivity contribution in [3.8, 4) is 5.75 Å². The molecule has 0 bridgehead atoms. The predicted octanol–water partition coefficient (Wildman–Crippen LogP) is 1.71. The van der Waals surface area contributed by atoms with Gasteiger partial charge in [-0.15, -0.1) is 0 Å². The Kier molecular flexibility index (Phi) is 4.27. The molecule has 9 heteroatoms. The fraction of sp³-hybridized carbons (Fsp3) is 0.278. The quantitative estimate of drug-likeness (QED) is 0.829. The molecule has 0 aromatic heterocycles. The molecule has 1 fully saturated rings. The van der Waals surface area contributed by atoms with Crippen LogP contribution in [0.2, 0.25) is 0 Å². The minimum absolute atomic E-state index is 0.0276. The Hall–Kier alpha value is -2.65. The van der Waals surface area contributed by atoms with Gasteiger partial charge in [0.1, 0.15) is 6.04 Å². The largest absolute Gasteiger partial charge is 0.494 e. The van der Waals surface area contributed by atoms with Crippen LogP contribution < -0.4 is 19.7 Å². The Morgan fingerprint density at radius 1 is 1.26 bits per heavy atom. The van der Waals surface area contributed by atoms with E-state index in [1.54, 1.807) is 6.07 Å². The zero-order valence-electron chi connectivity index (χ0n) is 14.5. The van der Waals surface area contributed by atoms with Gasteiger partial charge in [-0.1, -0.05) is 12.1 Å². The van der Waals surface area contributed by atoms with E-state index in [1.807, 2.05) is 23.1 Å². The maximum absolute atomic E-state index is 13.9. The molecule has 2 aliphatic heterocycles. The van der Waals surface area contributed by atoms with E-state index in [9.17, 15) is 17.6 Å². The molecule has 0 unspecified atom stereocenters. The molecule has 2 aromatic rings. The molecule has 2 aromatic carbocycles. The van der Waals surface area contributed by atoms with Crippen molar-refractivity contribution < 1.29 is 22.3 Å². The van der Waals surface area contributed by atoms with Crippen LogP contribution in [-0.2, 0) is 14.8 Å². The Labute approximate surface area is 156 Å². The van der Waals surface area contributed by atoms with E-state index in [0.717, 1.165) is 11.8 Å². The summed E-state index contributed by atoms with van der Waals surface area (Å²) in [5, 5.41) is 2.85. The van der Waals surface area contributed by atoms with Gasteiger partial charge in [0.05, 0.1) is 23.4 Å². The minimum atomic E-state index is -3.93. The number of benzene rings is 2. The third-order valence-corrected chi connectivity index (χ3v) is 6.35. The first kappa shape index (κ1) is 17.7. The van der Waals surface area contributed by atoms with Gasteiger partial charge in [0, 0.05) is 12.6 Å². The van der Waals surface area contributed by atoms with Crippen molar-refractivity contribution in [1.29, 1.82) is 0 Å². The third-order valence-electron chi connectivity index (χ3n) is 4.83. The summed E-state index contributed by atoms with van der Waals surface area (Å²) in [4.78, 5) is 14.1. The van der Waals surface area contributed by atoms with Gasteiger partial charge in [0.15, 0.2) is 11.6 Å². The topological polar surface area (TPSA) is 87.7 Å². The highest BCUT2D eigenvalue weighted by Gasteiger charge is 2.42. The van der Waals surface area contributed by atoms with Crippen LogP contribution in [0.4, 0.5) is 15.8 Å². The highest BCUT2D eigenvalue weighted by atomic mass is 32.2. The lowest BCUT2D eigenvalue weighted by Gasteiger charge is -2.32. The first-order chi connectivity index (χ1) is 12.9. The van der Waals surface area contributed by atoms with Crippen molar-refractivity contribution in [3.05, 3.63) is 48.3 Å². The fourth-order valence-corrected chi connectivity index (χ4v) is 4.84. The van der Waals surface area contributed by atoms with Crippen LogP contribution >= 0.6 is 0 Å². The van der Waals surface area contributed by atoms with Gasteiger partial charge in [0.25, 0.3) is 0 Å². The molecule has 0 aliphatic carbocycles. The number of nitrogens with zero attached hydrogens (tertiary/aromatic N) is 1. The molecule has 4 rings (SSSR count). The molecule has 0 saturated carbocycles. The zero-order valence-corrected chi connectivity index (χ0v) is 15.3. The molecule has 0 spiro atoms. The number of sulfonamides is 1. The number of hydrogen-bond acceptors (Lipinski definition) is 5. The summed E-state index contributed by atoms with van der Waals surface area (Å²) in [5.41, 5.74) is 1.57. The van der Waals surface area contributed by atoms with Gasteiger partial charge in [-0.05, 0) is 36.8 Å². The lowest BCUT2D eigenvalue weighted by Crippen LogP contribution is -2.44. The molecule has 2 atom stereocenters. The smallest absolute Gasteiger partial charge is 0.247 e. The number of ether oxygens (including phenoxy) is 1. The molecule has 0 radical (unpaired) electrons. The second-order valence-corrected chi connectivity index (χ2v) is 8.24. The van der Waals surface area contributed by atoms with Crippen LogP contribution in [0.5, 0.6) is 5.75 Å². The molecule has 2 N–H and O–H groups in total. The Morgan fingerprint density at radius 2 is 2.04 bits per heavy atom. The van der Waals surface area contributed by atoms with Gasteiger partial charge in [0.2, 0.25) is 15.9 Å². The van der Waals surface area contributed by atoms with E-state index < -0.39 is 27.9 Å². The van der Waals surface area contributed by atoms with Gasteiger partial charge in [-0.25, -0.2) is 17.5 Å². The average molecular weight is 391 g/mol. The Bertz CT molecular complexity index is 1010. The number of halogens is 1. The summed E-state index contributed by atoms with van der Waals surface area (Å²) in [6, 6.07) is 9.95. The van der Waals surface area contributed by atoms with Gasteiger partial charge >= 0.3 is 0 Å². The lowest BCUT2D eigenvalue weighted by molar-refractivity contribution is -0.117. The van der Waals surface area contributed by atoms with Crippen molar-refractivity contribution in [3.63, 3.8) is 0 Å². The summed E-state index contributed by atoms with van der Waals surface area (Å²) < 4.78 is 46.5. The number of rotatable bonds is 4. The van der Waals surface area contributed by atoms with Crippen molar-refractivity contribution in [2.24, 2.45) is 0 Å². The summed E-state index contributed by atoms with van der Waals surface area (Å²) >= 11 is 0. The normalized spacial score (nSPS) is 21.4. The second kappa shape index (κ2) is 6.50. The third kappa shape index (κ3) is 3.13. The van der Waals surface area contributed by atoms with E-state index in [-0.39, 0.29) is 16.6 Å². The van der Waals surface area contributed by atoms with Gasteiger partial charge in [-0.3, -0.25) is 4.79 Å². The summed E-state index contributed by atoms with van der Waals surface area (Å²) in [7, 11) is -2.62. The molecular weight excluding hydrogens is 373 g/mol. The Morgan fingerprint density at radius 3 is 2.78 bits per heavy atom. The molecular formula is C18H18FN3O4S. The molecule has 142 valence electrons. The number of amides is 1. The van der Waals surface area contributed by atoms with E-state index in [2.05, 4.69) is 10.0 Å². The molecule has 1 amide bonds. The highest BCUT2D eigenvalue weighted by molar-refractivity contribution is 7.89. The number of anilines is 2. The van der Waals surface area contributed by atoms with Crippen molar-refractivity contribution in [2.45, 2.75) is 23.4 Å². The van der Waals surface area contributed by atoms with Gasteiger partial charge < -0.3 is 15.0 Å². The van der Waals surface area contributed by atoms with Crippen LogP contribution in [0.15, 0.2) is 47.4 Å². The number of carbonyl (C=O) groups excluding carboxylic acids is 1. The van der Waals surface area contributed by atoms with Crippen LogP contribution in [0, 0.1) is 5.82 Å². The summed E-state index contributed by atoms with van der Waals surface area (Å²) in [5.74, 6) is -0.941. The van der Waals surface area contributed by atoms with E-state index in [0.29, 0.717) is 18.7 Å². The number of hydrogen-bond donors (Lipinski definition) is 2. The second-order valence-electron chi connectivity index (χ2n) is 6.52. The van der Waals surface area contributed by atoms with Crippen LogP contribution in [0.25, 0.3) is 0 Å². The molecule has 27 heavy (non-hydrogen) atoms. The maximum Gasteiger partial charge on any atom is 0.247 e. The lowest BCUT2D eigenvalue weighted by atomic mass is 10.1. The zero-order chi connectivity index (χ0) is 19.2. The van der Waals surface area contributed by atoms with Crippen LogP contribution in [0.1, 0.15) is 6.42 Å². The SMILES string of the molecule is COc1ccc(S(=O)(=O)N[C@H]2C[C@H]3C(=O)Nc4ccccc4N3C2)cc1F. The summed E-state index contributed by atoms with van der Waals surface area (Å²) in [6.45, 7) is 0.354. The number of fused-ring (bicyclic) bond motifs is 3. The monoisotopic (exact) mass is 391 g/mol. The number of carbonyl (C=O) groups is 1. The Balaban J connectivity index is 1.56. The predicted molar refractivity (Wildman–Crippen MR) is 97.9 cm³/mol. The molecule has 2 heterocycles. The molecule has 2 aliphatic rings. The molecule has 7 nitrogen and oxygen atoms in total. The van der Waals surface area contributed by atoms with Crippen molar-refractivity contribution in [2.75, 3.05) is 23.9 Å². The summed E-state index contributed by atoms with van der Waals surface area (Å²) in [6.07, 6.45) is 0.331. The number of para-hydroxylation sites is 2. The first-order valence-corrected chi connectivity index (χ1v) is 9.90. The van der Waals surface area contributed by atoms with Crippen LogP contribution in [0.3, 0.4) is 0 Å². The first-order valence-electron chi connectivity index (χ1n) is 8.41. The highest BCUT2D eigenvalue weighted by Crippen LogP contribution is 2.36. The minimum Gasteiger partial charge on any atom is -0.494 e. The number of methoxy groups -OCH3 is 1.